The van der Waals surface area contributed by atoms with E-state index in [0.29, 0.717) is 6.54 Å². The minimum atomic E-state index is -4.68. The van der Waals surface area contributed by atoms with Gasteiger partial charge in [0.2, 0.25) is 5.91 Å². The largest absolute Gasteiger partial charge is 0.573 e. The van der Waals surface area contributed by atoms with Crippen LogP contribution in [0.25, 0.3) is 0 Å². The summed E-state index contributed by atoms with van der Waals surface area (Å²) in [5.41, 5.74) is 0.866. The molecule has 0 N–H and O–H groups in total. The van der Waals surface area contributed by atoms with E-state index in [1.165, 1.54) is 12.1 Å². The highest BCUT2D eigenvalue weighted by Crippen LogP contribution is 2.27. The molecule has 1 aromatic carbocycles. The molecule has 126 valence electrons. The molecule has 2 fully saturated rings. The molecule has 2 atom stereocenters. The van der Waals surface area contributed by atoms with E-state index in [1.807, 2.05) is 11.8 Å². The molecule has 2 aliphatic rings. The summed E-state index contributed by atoms with van der Waals surface area (Å²) in [5, 5.41) is 0. The van der Waals surface area contributed by atoms with Gasteiger partial charge in [-0.05, 0) is 37.5 Å². The van der Waals surface area contributed by atoms with Crippen LogP contribution in [0, 0.1) is 0 Å². The quantitative estimate of drug-likeness (QED) is 0.855. The zero-order valence-corrected chi connectivity index (χ0v) is 12.8. The summed E-state index contributed by atoms with van der Waals surface area (Å²) in [7, 11) is 0. The molecule has 2 saturated heterocycles. The molecule has 1 aromatic rings. The maximum absolute atomic E-state index is 12.4. The van der Waals surface area contributed by atoms with Gasteiger partial charge in [0.1, 0.15) is 5.75 Å². The van der Waals surface area contributed by atoms with E-state index in [0.717, 1.165) is 31.5 Å². The van der Waals surface area contributed by atoms with Crippen LogP contribution in [0.3, 0.4) is 0 Å². The number of alkyl halides is 3. The van der Waals surface area contributed by atoms with E-state index >= 15 is 0 Å². The summed E-state index contributed by atoms with van der Waals surface area (Å²) >= 11 is 0. The summed E-state index contributed by atoms with van der Waals surface area (Å²) in [5.74, 6) is -0.0817. The van der Waals surface area contributed by atoms with Gasteiger partial charge in [0.15, 0.2) is 0 Å². The Labute approximate surface area is 132 Å². The Bertz CT molecular complexity index is 574. The molecular formula is C16H19F3N2O2. The van der Waals surface area contributed by atoms with Crippen LogP contribution in [-0.4, -0.2) is 47.2 Å². The van der Waals surface area contributed by atoms with Crippen LogP contribution in [0.1, 0.15) is 25.3 Å². The minimum Gasteiger partial charge on any atom is -0.406 e. The lowest BCUT2D eigenvalue weighted by Gasteiger charge is -2.41. The molecule has 1 amide bonds. The van der Waals surface area contributed by atoms with Gasteiger partial charge < -0.3 is 9.64 Å². The zero-order chi connectivity index (χ0) is 16.6. The fraction of sp³-hybridized carbons (Fsp3) is 0.562. The van der Waals surface area contributed by atoms with Crippen molar-refractivity contribution in [1.82, 2.24) is 9.80 Å². The second-order valence-corrected chi connectivity index (χ2v) is 6.12. The number of rotatable bonds is 3. The Morgan fingerprint density at radius 2 is 1.96 bits per heavy atom. The SMILES string of the molecule is C[C@@H]1C(=O)N2CCC[C@@H]2CN1Cc1ccc(OC(F)(F)F)cc1. The molecule has 0 aliphatic carbocycles. The average Bonchev–Trinajstić information content (AvgIpc) is 2.93. The summed E-state index contributed by atoms with van der Waals surface area (Å²) in [4.78, 5) is 16.4. The van der Waals surface area contributed by atoms with Gasteiger partial charge >= 0.3 is 6.36 Å². The third-order valence-electron chi connectivity index (χ3n) is 4.55. The van der Waals surface area contributed by atoms with E-state index in [4.69, 9.17) is 0 Å². The maximum Gasteiger partial charge on any atom is 0.573 e. The molecule has 3 rings (SSSR count). The van der Waals surface area contributed by atoms with Crippen molar-refractivity contribution in [2.45, 2.75) is 44.8 Å². The smallest absolute Gasteiger partial charge is 0.406 e. The number of hydrogen-bond acceptors (Lipinski definition) is 3. The third kappa shape index (κ3) is 3.60. The highest BCUT2D eigenvalue weighted by molar-refractivity contribution is 5.83. The van der Waals surface area contributed by atoms with Crippen molar-refractivity contribution in [2.24, 2.45) is 0 Å². The first-order valence-electron chi connectivity index (χ1n) is 7.73. The number of nitrogens with zero attached hydrogens (tertiary/aromatic N) is 2. The standard InChI is InChI=1S/C16H19F3N2O2/c1-11-15(22)21-8-2-3-13(21)10-20(11)9-12-4-6-14(7-5-12)23-16(17,18)19/h4-7,11,13H,2-3,8-10H2,1H3/t11-,13-/m1/s1. The predicted molar refractivity (Wildman–Crippen MR) is 77.7 cm³/mol. The third-order valence-corrected chi connectivity index (χ3v) is 4.55. The second-order valence-electron chi connectivity index (χ2n) is 6.12. The fourth-order valence-corrected chi connectivity index (χ4v) is 3.37. The summed E-state index contributed by atoms with van der Waals surface area (Å²) in [6, 6.07) is 5.91. The first-order valence-corrected chi connectivity index (χ1v) is 7.73. The van der Waals surface area contributed by atoms with Crippen molar-refractivity contribution in [3.05, 3.63) is 29.8 Å². The number of hydrogen-bond donors (Lipinski definition) is 0. The molecule has 7 heteroatoms. The van der Waals surface area contributed by atoms with Gasteiger partial charge in [-0.2, -0.15) is 0 Å². The van der Waals surface area contributed by atoms with Gasteiger partial charge in [-0.1, -0.05) is 12.1 Å². The minimum absolute atomic E-state index is 0.149. The van der Waals surface area contributed by atoms with Gasteiger partial charge in [0.25, 0.3) is 0 Å². The second kappa shape index (κ2) is 6.03. The molecule has 0 aromatic heterocycles. The van der Waals surface area contributed by atoms with Crippen molar-refractivity contribution >= 4 is 5.91 Å². The highest BCUT2D eigenvalue weighted by Gasteiger charge is 2.40. The molecule has 2 aliphatic heterocycles. The molecule has 4 nitrogen and oxygen atoms in total. The van der Waals surface area contributed by atoms with Crippen molar-refractivity contribution in [2.75, 3.05) is 13.1 Å². The molecular weight excluding hydrogens is 309 g/mol. The fourth-order valence-electron chi connectivity index (χ4n) is 3.37. The van der Waals surface area contributed by atoms with Gasteiger partial charge in [-0.15, -0.1) is 13.2 Å². The number of amides is 1. The zero-order valence-electron chi connectivity index (χ0n) is 12.8. The van der Waals surface area contributed by atoms with Crippen LogP contribution in [0.4, 0.5) is 13.2 Å². The number of halogens is 3. The Morgan fingerprint density at radius 3 is 2.61 bits per heavy atom. The highest BCUT2D eigenvalue weighted by atomic mass is 19.4. The summed E-state index contributed by atoms with van der Waals surface area (Å²) < 4.78 is 40.3. The number of benzene rings is 1. The van der Waals surface area contributed by atoms with E-state index < -0.39 is 6.36 Å². The van der Waals surface area contributed by atoms with Crippen molar-refractivity contribution in [3.8, 4) is 5.75 Å². The molecule has 23 heavy (non-hydrogen) atoms. The topological polar surface area (TPSA) is 32.8 Å². The monoisotopic (exact) mass is 328 g/mol. The Kier molecular flexibility index (Phi) is 4.23. The number of ether oxygens (including phenoxy) is 1. The van der Waals surface area contributed by atoms with E-state index in [9.17, 15) is 18.0 Å². The lowest BCUT2D eigenvalue weighted by molar-refractivity contribution is -0.274. The lowest BCUT2D eigenvalue weighted by atomic mass is 10.1. The molecule has 0 saturated carbocycles. The van der Waals surface area contributed by atoms with Crippen molar-refractivity contribution in [1.29, 1.82) is 0 Å². The average molecular weight is 328 g/mol. The Hall–Kier alpha value is -1.76. The Morgan fingerprint density at radius 1 is 1.26 bits per heavy atom. The first-order chi connectivity index (χ1) is 10.8. The van der Waals surface area contributed by atoms with Crippen LogP contribution in [-0.2, 0) is 11.3 Å². The van der Waals surface area contributed by atoms with Crippen LogP contribution in [0.5, 0.6) is 5.75 Å². The van der Waals surface area contributed by atoms with Gasteiger partial charge in [0.05, 0.1) is 6.04 Å². The van der Waals surface area contributed by atoms with Gasteiger partial charge in [-0.25, -0.2) is 0 Å². The van der Waals surface area contributed by atoms with E-state index in [2.05, 4.69) is 9.64 Å². The predicted octanol–water partition coefficient (Wildman–Crippen LogP) is 2.78. The van der Waals surface area contributed by atoms with Crippen LogP contribution in [0.2, 0.25) is 0 Å². The summed E-state index contributed by atoms with van der Waals surface area (Å²) in [6.45, 7) is 4.08. The number of fused-ring (bicyclic) bond motifs is 1. The molecule has 0 bridgehead atoms. The van der Waals surface area contributed by atoms with E-state index in [1.54, 1.807) is 12.1 Å². The maximum atomic E-state index is 12.4. The van der Waals surface area contributed by atoms with Crippen LogP contribution >= 0.6 is 0 Å². The van der Waals surface area contributed by atoms with Gasteiger partial charge in [-0.3, -0.25) is 9.69 Å². The number of carbonyl (C=O) groups is 1. The van der Waals surface area contributed by atoms with Crippen LogP contribution in [0.15, 0.2) is 24.3 Å². The van der Waals surface area contributed by atoms with Crippen molar-refractivity contribution < 1.29 is 22.7 Å². The van der Waals surface area contributed by atoms with Crippen molar-refractivity contribution in [3.63, 3.8) is 0 Å². The molecule has 0 unspecified atom stereocenters. The molecule has 0 spiro atoms. The van der Waals surface area contributed by atoms with Gasteiger partial charge in [0, 0.05) is 25.7 Å². The number of carbonyl (C=O) groups excluding carboxylic acids is 1. The summed E-state index contributed by atoms with van der Waals surface area (Å²) in [6.07, 6.45) is -2.62. The lowest BCUT2D eigenvalue weighted by Crippen LogP contribution is -2.58. The normalized spacial score (nSPS) is 25.6. The Balaban J connectivity index is 1.65. The molecule has 0 radical (unpaired) electrons. The van der Waals surface area contributed by atoms with Crippen LogP contribution < -0.4 is 4.74 Å². The van der Waals surface area contributed by atoms with E-state index in [-0.39, 0.29) is 23.7 Å². The first kappa shape index (κ1) is 16.1. The molecule has 2 heterocycles. The number of piperazine rings is 1.